The number of carbonyl (C=O) groups is 1. The Morgan fingerprint density at radius 2 is 1.96 bits per heavy atom. The Morgan fingerprint density at radius 1 is 1.17 bits per heavy atom. The molecule has 0 aliphatic rings. The zero-order valence-electron chi connectivity index (χ0n) is 13.5. The van der Waals surface area contributed by atoms with Crippen LogP contribution in [0.4, 0.5) is 4.79 Å². The largest absolute Gasteiger partial charge is 0.493 e. The topological polar surface area (TPSA) is 72.5 Å². The first-order chi connectivity index (χ1) is 11.1. The first-order valence-corrected chi connectivity index (χ1v) is 7.30. The highest BCUT2D eigenvalue weighted by atomic mass is 16.5. The van der Waals surface area contributed by atoms with E-state index in [1.165, 1.54) is 0 Å². The Morgan fingerprint density at radius 3 is 2.61 bits per heavy atom. The number of hydrogen-bond acceptors (Lipinski definition) is 4. The minimum Gasteiger partial charge on any atom is -0.493 e. The predicted molar refractivity (Wildman–Crippen MR) is 87.6 cm³/mol. The first kappa shape index (κ1) is 16.6. The molecule has 1 unspecified atom stereocenters. The fraction of sp³-hybridized carbons (Fsp3) is 0.294. The smallest absolute Gasteiger partial charge is 0.315 e. The number of hydrogen-bond donors (Lipinski definition) is 2. The van der Waals surface area contributed by atoms with Crippen LogP contribution in [0.15, 0.2) is 42.6 Å². The van der Waals surface area contributed by atoms with Gasteiger partial charge in [-0.05, 0) is 36.8 Å². The zero-order chi connectivity index (χ0) is 16.7. The van der Waals surface area contributed by atoms with Crippen molar-refractivity contribution < 1.29 is 14.3 Å². The van der Waals surface area contributed by atoms with Crippen molar-refractivity contribution >= 4 is 6.03 Å². The molecule has 6 nitrogen and oxygen atoms in total. The number of methoxy groups -OCH3 is 2. The van der Waals surface area contributed by atoms with Crippen LogP contribution < -0.4 is 20.1 Å². The summed E-state index contributed by atoms with van der Waals surface area (Å²) in [5.74, 6) is 1.29. The fourth-order valence-electron chi connectivity index (χ4n) is 2.13. The number of benzene rings is 1. The summed E-state index contributed by atoms with van der Waals surface area (Å²) in [5.41, 5.74) is 1.73. The molecule has 0 radical (unpaired) electrons. The van der Waals surface area contributed by atoms with E-state index in [4.69, 9.17) is 9.47 Å². The van der Waals surface area contributed by atoms with Crippen molar-refractivity contribution in [3.8, 4) is 11.5 Å². The molecule has 2 rings (SSSR count). The Bertz CT molecular complexity index is 647. The normalized spacial score (nSPS) is 11.4. The van der Waals surface area contributed by atoms with Crippen molar-refractivity contribution in [1.29, 1.82) is 0 Å². The minimum absolute atomic E-state index is 0.165. The average molecular weight is 315 g/mol. The second kappa shape index (κ2) is 8.03. The molecule has 0 saturated heterocycles. The van der Waals surface area contributed by atoms with Crippen LogP contribution in [-0.2, 0) is 6.54 Å². The van der Waals surface area contributed by atoms with E-state index < -0.39 is 0 Å². The third-order valence-electron chi connectivity index (χ3n) is 3.38. The molecule has 0 bridgehead atoms. The molecule has 1 heterocycles. The van der Waals surface area contributed by atoms with Gasteiger partial charge in [-0.25, -0.2) is 4.79 Å². The average Bonchev–Trinajstić information content (AvgIpc) is 2.60. The lowest BCUT2D eigenvalue weighted by molar-refractivity contribution is 0.237. The number of ether oxygens (including phenoxy) is 2. The molecule has 1 atom stereocenters. The summed E-state index contributed by atoms with van der Waals surface area (Å²) >= 11 is 0. The standard InChI is InChI=1S/C17H21N3O3/c1-12(14-6-4-5-9-18-14)20-17(21)19-11-13-7-8-15(22-2)16(10-13)23-3/h4-10,12H,11H2,1-3H3,(H2,19,20,21). The molecule has 0 spiro atoms. The minimum atomic E-state index is -0.252. The molecule has 2 aromatic rings. The van der Waals surface area contributed by atoms with Gasteiger partial charge in [0, 0.05) is 12.7 Å². The number of amides is 2. The van der Waals surface area contributed by atoms with Crippen LogP contribution >= 0.6 is 0 Å². The Balaban J connectivity index is 1.89. The zero-order valence-corrected chi connectivity index (χ0v) is 13.5. The highest BCUT2D eigenvalue weighted by molar-refractivity contribution is 5.74. The maximum atomic E-state index is 12.0. The molecule has 0 fully saturated rings. The summed E-state index contributed by atoms with van der Waals surface area (Å²) in [5, 5.41) is 5.66. The number of carbonyl (C=O) groups excluding carboxylic acids is 1. The van der Waals surface area contributed by atoms with E-state index in [1.807, 2.05) is 43.3 Å². The SMILES string of the molecule is COc1ccc(CNC(=O)NC(C)c2ccccn2)cc1OC. The van der Waals surface area contributed by atoms with E-state index in [0.717, 1.165) is 11.3 Å². The van der Waals surface area contributed by atoms with E-state index in [1.54, 1.807) is 20.4 Å². The lowest BCUT2D eigenvalue weighted by Gasteiger charge is -2.14. The van der Waals surface area contributed by atoms with E-state index in [0.29, 0.717) is 18.0 Å². The van der Waals surface area contributed by atoms with Gasteiger partial charge in [0.15, 0.2) is 11.5 Å². The van der Waals surface area contributed by atoms with E-state index in [9.17, 15) is 4.79 Å². The Labute approximate surface area is 135 Å². The molecule has 0 saturated carbocycles. The maximum absolute atomic E-state index is 12.0. The molecule has 1 aromatic heterocycles. The lowest BCUT2D eigenvalue weighted by Crippen LogP contribution is -2.36. The molecular weight excluding hydrogens is 294 g/mol. The molecule has 2 N–H and O–H groups in total. The predicted octanol–water partition coefficient (Wildman–Crippen LogP) is 2.66. The number of nitrogens with one attached hydrogen (secondary N) is 2. The van der Waals surface area contributed by atoms with Crippen molar-refractivity contribution in [1.82, 2.24) is 15.6 Å². The third-order valence-corrected chi connectivity index (χ3v) is 3.38. The van der Waals surface area contributed by atoms with Crippen LogP contribution in [0.5, 0.6) is 11.5 Å². The van der Waals surface area contributed by atoms with Crippen molar-refractivity contribution in [3.63, 3.8) is 0 Å². The van der Waals surface area contributed by atoms with Crippen LogP contribution in [0.3, 0.4) is 0 Å². The summed E-state index contributed by atoms with van der Waals surface area (Å²) in [6.07, 6.45) is 1.70. The molecule has 23 heavy (non-hydrogen) atoms. The lowest BCUT2D eigenvalue weighted by atomic mass is 10.2. The van der Waals surface area contributed by atoms with Gasteiger partial charge in [0.1, 0.15) is 0 Å². The van der Waals surface area contributed by atoms with Gasteiger partial charge in [0.2, 0.25) is 0 Å². The number of urea groups is 1. The van der Waals surface area contributed by atoms with Crippen LogP contribution in [-0.4, -0.2) is 25.2 Å². The Kier molecular flexibility index (Phi) is 5.80. The van der Waals surface area contributed by atoms with Crippen LogP contribution in [0.25, 0.3) is 0 Å². The van der Waals surface area contributed by atoms with Gasteiger partial charge in [-0.1, -0.05) is 12.1 Å². The number of aromatic nitrogens is 1. The summed E-state index contributed by atoms with van der Waals surface area (Å²) < 4.78 is 10.4. The van der Waals surface area contributed by atoms with E-state index in [-0.39, 0.29) is 12.1 Å². The van der Waals surface area contributed by atoms with Gasteiger partial charge < -0.3 is 20.1 Å². The van der Waals surface area contributed by atoms with Crippen LogP contribution in [0.2, 0.25) is 0 Å². The van der Waals surface area contributed by atoms with Crippen LogP contribution in [0, 0.1) is 0 Å². The summed E-state index contributed by atoms with van der Waals surface area (Å²) in [6.45, 7) is 2.28. The van der Waals surface area contributed by atoms with Gasteiger partial charge in [0.25, 0.3) is 0 Å². The molecular formula is C17H21N3O3. The first-order valence-electron chi connectivity index (χ1n) is 7.30. The van der Waals surface area contributed by atoms with Gasteiger partial charge in [-0.2, -0.15) is 0 Å². The van der Waals surface area contributed by atoms with E-state index >= 15 is 0 Å². The highest BCUT2D eigenvalue weighted by Crippen LogP contribution is 2.27. The van der Waals surface area contributed by atoms with Gasteiger partial charge in [-0.15, -0.1) is 0 Å². The van der Waals surface area contributed by atoms with Gasteiger partial charge in [-0.3, -0.25) is 4.98 Å². The third kappa shape index (κ3) is 4.60. The van der Waals surface area contributed by atoms with Crippen molar-refractivity contribution in [2.45, 2.75) is 19.5 Å². The molecule has 0 aliphatic carbocycles. The van der Waals surface area contributed by atoms with Crippen molar-refractivity contribution in [2.75, 3.05) is 14.2 Å². The monoisotopic (exact) mass is 315 g/mol. The quantitative estimate of drug-likeness (QED) is 0.859. The van der Waals surface area contributed by atoms with Crippen molar-refractivity contribution in [2.24, 2.45) is 0 Å². The number of rotatable bonds is 6. The Hall–Kier alpha value is -2.76. The second-order valence-electron chi connectivity index (χ2n) is 4.99. The summed E-state index contributed by atoms with van der Waals surface area (Å²) in [4.78, 5) is 16.2. The number of nitrogens with zero attached hydrogens (tertiary/aromatic N) is 1. The van der Waals surface area contributed by atoms with Crippen LogP contribution in [0.1, 0.15) is 24.2 Å². The second-order valence-corrected chi connectivity index (χ2v) is 4.99. The fourth-order valence-corrected chi connectivity index (χ4v) is 2.13. The summed E-state index contributed by atoms with van der Waals surface area (Å²) in [6, 6.07) is 10.7. The van der Waals surface area contributed by atoms with Gasteiger partial charge >= 0.3 is 6.03 Å². The van der Waals surface area contributed by atoms with Gasteiger partial charge in [0.05, 0.1) is 26.0 Å². The molecule has 6 heteroatoms. The maximum Gasteiger partial charge on any atom is 0.315 e. The summed E-state index contributed by atoms with van der Waals surface area (Å²) in [7, 11) is 3.17. The highest BCUT2D eigenvalue weighted by Gasteiger charge is 2.10. The molecule has 0 aliphatic heterocycles. The van der Waals surface area contributed by atoms with Crippen molar-refractivity contribution in [3.05, 3.63) is 53.9 Å². The van der Waals surface area contributed by atoms with E-state index in [2.05, 4.69) is 15.6 Å². The molecule has 1 aromatic carbocycles. The molecule has 2 amide bonds. The number of pyridine rings is 1. The molecule has 122 valence electrons.